The molecule has 11 heteroatoms. The lowest BCUT2D eigenvalue weighted by Gasteiger charge is -2.56. The van der Waals surface area contributed by atoms with Gasteiger partial charge in [0.2, 0.25) is 5.88 Å². The molecule has 2 unspecified atom stereocenters. The van der Waals surface area contributed by atoms with Crippen molar-refractivity contribution >= 4 is 17.2 Å². The van der Waals surface area contributed by atoms with Gasteiger partial charge in [0.25, 0.3) is 6.43 Å². The maximum absolute atomic E-state index is 12.7. The number of anilines is 2. The smallest absolute Gasteiger partial charge is 0.255 e. The summed E-state index contributed by atoms with van der Waals surface area (Å²) in [4.78, 5) is 13.9. The molecule has 2 bridgehead atoms. The molecule has 0 saturated carbocycles. The predicted octanol–water partition coefficient (Wildman–Crippen LogP) is 3.81. The zero-order valence-electron chi connectivity index (χ0n) is 20.8. The number of halogens is 2. The van der Waals surface area contributed by atoms with Crippen molar-refractivity contribution in [3.63, 3.8) is 0 Å². The summed E-state index contributed by atoms with van der Waals surface area (Å²) in [5.74, 6) is 1.68. The Morgan fingerprint density at radius 1 is 1.13 bits per heavy atom. The van der Waals surface area contributed by atoms with Crippen LogP contribution in [0.4, 0.5) is 20.4 Å². The highest BCUT2D eigenvalue weighted by Crippen LogP contribution is 2.36. The third-order valence-corrected chi connectivity index (χ3v) is 7.29. The van der Waals surface area contributed by atoms with Gasteiger partial charge in [0.1, 0.15) is 17.5 Å². The molecular weight excluding hydrogens is 490 g/mol. The Hall–Kier alpha value is -4.30. The van der Waals surface area contributed by atoms with Crippen LogP contribution in [-0.4, -0.2) is 69.7 Å². The van der Waals surface area contributed by atoms with Crippen LogP contribution in [0.2, 0.25) is 0 Å². The maximum atomic E-state index is 12.7. The summed E-state index contributed by atoms with van der Waals surface area (Å²) in [5, 5.41) is 16.6. The van der Waals surface area contributed by atoms with E-state index in [1.165, 1.54) is 12.0 Å². The Bertz CT molecular complexity index is 1470. The van der Waals surface area contributed by atoms with E-state index in [1.807, 2.05) is 36.5 Å². The van der Waals surface area contributed by atoms with Crippen LogP contribution < -0.4 is 15.0 Å². The molecule has 7 rings (SSSR count). The lowest BCUT2D eigenvalue weighted by atomic mass is 9.87. The van der Waals surface area contributed by atoms with Crippen molar-refractivity contribution < 1.29 is 13.5 Å². The van der Waals surface area contributed by atoms with Crippen LogP contribution in [0.1, 0.15) is 17.5 Å². The number of methoxy groups -OCH3 is 1. The van der Waals surface area contributed by atoms with Crippen molar-refractivity contribution in [1.29, 1.82) is 5.26 Å². The van der Waals surface area contributed by atoms with E-state index >= 15 is 0 Å². The van der Waals surface area contributed by atoms with Gasteiger partial charge in [-0.2, -0.15) is 5.26 Å². The summed E-state index contributed by atoms with van der Waals surface area (Å²) in [5.41, 5.74) is 3.56. The van der Waals surface area contributed by atoms with E-state index in [2.05, 4.69) is 37.3 Å². The Morgan fingerprint density at radius 3 is 2.63 bits per heavy atom. The van der Waals surface area contributed by atoms with Gasteiger partial charge < -0.3 is 15.0 Å². The number of rotatable bonds is 8. The molecule has 7 heterocycles. The summed E-state index contributed by atoms with van der Waals surface area (Å²) < 4.78 is 32.1. The van der Waals surface area contributed by atoms with E-state index in [0.29, 0.717) is 23.5 Å². The van der Waals surface area contributed by atoms with E-state index in [9.17, 15) is 14.0 Å². The first-order valence-electron chi connectivity index (χ1n) is 12.4. The van der Waals surface area contributed by atoms with Crippen molar-refractivity contribution in [3.05, 3.63) is 66.1 Å². The molecule has 0 amide bonds. The van der Waals surface area contributed by atoms with Crippen molar-refractivity contribution in [2.75, 3.05) is 37.0 Å². The molecule has 2 atom stereocenters. The van der Waals surface area contributed by atoms with E-state index < -0.39 is 13.0 Å². The number of ether oxygens (including phenoxy) is 1. The molecule has 4 aromatic heterocycles. The van der Waals surface area contributed by atoms with Crippen LogP contribution in [0.5, 0.6) is 5.88 Å². The number of alkyl halides is 2. The van der Waals surface area contributed by atoms with Crippen LogP contribution in [-0.2, 0) is 6.54 Å². The molecule has 9 nitrogen and oxygen atoms in total. The highest BCUT2D eigenvalue weighted by Gasteiger charge is 2.44. The fourth-order valence-electron chi connectivity index (χ4n) is 5.44. The molecule has 3 fully saturated rings. The number of hydrogen-bond acceptors (Lipinski definition) is 8. The molecule has 3 aliphatic rings. The highest BCUT2D eigenvalue weighted by atomic mass is 19.3. The lowest BCUT2D eigenvalue weighted by molar-refractivity contribution is -0.00876. The van der Waals surface area contributed by atoms with Crippen molar-refractivity contribution in [1.82, 2.24) is 24.5 Å². The standard InChI is InChI=1S/C27H26F2N8O/c1-38-25-7-4-17(11-32-25)14-36-19-9-20(36)16-35(15-19)24-6-5-18(12-31-24)21-3-2-8-37-26(21)22(10-30)27(34-37)33-13-23(28)29/h2-8,11-12,19-20,23H,9,13-16H2,1H3,(H,33,34). The summed E-state index contributed by atoms with van der Waals surface area (Å²) in [6, 6.07) is 14.7. The summed E-state index contributed by atoms with van der Waals surface area (Å²) in [6.45, 7) is 2.11. The molecule has 0 spiro atoms. The molecule has 3 saturated heterocycles. The Balaban J connectivity index is 1.17. The molecule has 38 heavy (non-hydrogen) atoms. The third-order valence-electron chi connectivity index (χ3n) is 7.29. The monoisotopic (exact) mass is 516 g/mol. The summed E-state index contributed by atoms with van der Waals surface area (Å²) >= 11 is 0. The van der Waals surface area contributed by atoms with E-state index in [1.54, 1.807) is 24.0 Å². The van der Waals surface area contributed by atoms with Crippen LogP contribution in [0.3, 0.4) is 0 Å². The number of nitrogens with one attached hydrogen (secondary N) is 1. The number of hydrogen-bond donors (Lipinski definition) is 1. The summed E-state index contributed by atoms with van der Waals surface area (Å²) in [6.07, 6.45) is 4.01. The van der Waals surface area contributed by atoms with Crippen LogP contribution >= 0.6 is 0 Å². The average molecular weight is 517 g/mol. The highest BCUT2D eigenvalue weighted by molar-refractivity contribution is 5.87. The predicted molar refractivity (Wildman–Crippen MR) is 138 cm³/mol. The van der Waals surface area contributed by atoms with Gasteiger partial charge in [-0.25, -0.2) is 23.3 Å². The van der Waals surface area contributed by atoms with Crippen molar-refractivity contribution in [3.8, 4) is 23.1 Å². The number of pyridine rings is 3. The largest absolute Gasteiger partial charge is 0.481 e. The minimum atomic E-state index is -2.55. The second kappa shape index (κ2) is 9.87. The third kappa shape index (κ3) is 4.37. The van der Waals surface area contributed by atoms with Gasteiger partial charge in [0, 0.05) is 67.5 Å². The molecule has 194 valence electrons. The molecular formula is C27H26F2N8O. The van der Waals surface area contributed by atoms with Gasteiger partial charge in [-0.15, -0.1) is 5.10 Å². The van der Waals surface area contributed by atoms with Crippen molar-refractivity contribution in [2.24, 2.45) is 0 Å². The van der Waals surface area contributed by atoms with Gasteiger partial charge in [-0.05, 0) is 30.2 Å². The number of aromatic nitrogens is 4. The zero-order valence-corrected chi connectivity index (χ0v) is 20.8. The van der Waals surface area contributed by atoms with Gasteiger partial charge in [0.15, 0.2) is 5.82 Å². The second-order valence-electron chi connectivity index (χ2n) is 9.56. The molecule has 3 aliphatic heterocycles. The molecule has 1 N–H and O–H groups in total. The number of fused-ring (bicyclic) bond motifs is 3. The van der Waals surface area contributed by atoms with E-state index in [-0.39, 0.29) is 11.4 Å². The van der Waals surface area contributed by atoms with Gasteiger partial charge in [0.05, 0.1) is 19.2 Å². The molecule has 4 aromatic rings. The quantitative estimate of drug-likeness (QED) is 0.378. The number of piperazine rings is 1. The molecule has 0 aromatic carbocycles. The Kier molecular flexibility index (Phi) is 6.25. The fourth-order valence-corrected chi connectivity index (χ4v) is 5.44. The topological polar surface area (TPSA) is 94.6 Å². The summed E-state index contributed by atoms with van der Waals surface area (Å²) in [7, 11) is 1.62. The first kappa shape index (κ1) is 24.1. The van der Waals surface area contributed by atoms with Crippen molar-refractivity contribution in [2.45, 2.75) is 31.5 Å². The first-order chi connectivity index (χ1) is 18.5. The molecule has 0 aliphatic carbocycles. The number of nitriles is 1. The van der Waals surface area contributed by atoms with Gasteiger partial charge >= 0.3 is 0 Å². The number of piperidine rings is 1. The van der Waals surface area contributed by atoms with Crippen LogP contribution in [0.25, 0.3) is 16.6 Å². The van der Waals surface area contributed by atoms with Crippen LogP contribution in [0, 0.1) is 11.3 Å². The van der Waals surface area contributed by atoms with Gasteiger partial charge in [-0.1, -0.05) is 12.1 Å². The minimum Gasteiger partial charge on any atom is -0.481 e. The van der Waals surface area contributed by atoms with E-state index in [0.717, 1.165) is 36.6 Å². The minimum absolute atomic E-state index is 0.146. The van der Waals surface area contributed by atoms with E-state index in [4.69, 9.17) is 9.72 Å². The SMILES string of the molecule is COc1ccc(CN2C3CC2CN(c2ccc(-c4cccn5nc(NCC(F)F)c(C#N)c45)cn2)C3)cn1. The Labute approximate surface area is 218 Å². The fraction of sp³-hybridized carbons (Fsp3) is 0.333. The molecule has 0 radical (unpaired) electrons. The number of nitrogens with zero attached hydrogens (tertiary/aromatic N) is 7. The zero-order chi connectivity index (χ0) is 26.2. The second-order valence-corrected chi connectivity index (χ2v) is 9.56. The van der Waals surface area contributed by atoms with Crippen LogP contribution in [0.15, 0.2) is 55.0 Å². The Morgan fingerprint density at radius 2 is 1.97 bits per heavy atom. The maximum Gasteiger partial charge on any atom is 0.255 e. The first-order valence-corrected chi connectivity index (χ1v) is 12.4. The average Bonchev–Trinajstić information content (AvgIpc) is 3.33. The lowest BCUT2D eigenvalue weighted by Crippen LogP contribution is -2.68. The van der Waals surface area contributed by atoms with Gasteiger partial charge in [-0.3, -0.25) is 4.90 Å². The normalized spacial score (nSPS) is 18.9.